The molecule has 0 spiro atoms. The van der Waals surface area contributed by atoms with Crippen molar-refractivity contribution in [2.45, 2.75) is 104 Å². The number of nitrogens with zero attached hydrogens (tertiary/aromatic N) is 5. The third kappa shape index (κ3) is 36.8. The van der Waals surface area contributed by atoms with Gasteiger partial charge < -0.3 is 25.4 Å². The number of aliphatic hydroxyl groups is 4. The average molecular weight is 2560 g/mol. The third-order valence-electron chi connectivity index (χ3n) is 17.7. The zero-order chi connectivity index (χ0) is 87.6. The van der Waals surface area contributed by atoms with Gasteiger partial charge in [0.1, 0.15) is 5.76 Å². The molecule has 5 aromatic heterocycles. The number of allylic oxidation sites excluding steroid dienone is 8. The maximum Gasteiger partial charge on any atom is 0.164 e. The molecule has 0 aliphatic carbocycles. The number of pyridine rings is 5. The van der Waals surface area contributed by atoms with Crippen molar-refractivity contribution < 1.29 is 140 Å². The van der Waals surface area contributed by atoms with Crippen molar-refractivity contribution >= 4 is 88.4 Å². The Labute approximate surface area is 808 Å². The van der Waals surface area contributed by atoms with Crippen molar-refractivity contribution in [1.29, 1.82) is 0 Å². The van der Waals surface area contributed by atoms with Crippen LogP contribution in [0.3, 0.4) is 0 Å². The molecular formula is C108H102Ir5N5O8-5. The molecule has 0 atom stereocenters. The summed E-state index contributed by atoms with van der Waals surface area (Å²) in [6.45, 7) is 25.9. The number of carbonyl (C=O) groups excluding carboxylic acids is 4. The molecule has 13 nitrogen and oxygen atoms in total. The molecule has 11 aromatic carbocycles. The molecule has 18 heteroatoms. The van der Waals surface area contributed by atoms with E-state index >= 15 is 0 Å². The van der Waals surface area contributed by atoms with Crippen LogP contribution in [0.15, 0.2) is 345 Å². The molecule has 5 radical (unpaired) electrons. The number of ketones is 4. The monoisotopic (exact) mass is 2560 g/mol. The van der Waals surface area contributed by atoms with Gasteiger partial charge >= 0.3 is 0 Å². The molecule has 0 aliphatic rings. The van der Waals surface area contributed by atoms with E-state index in [4.69, 9.17) is 20.3 Å². The number of aromatic nitrogens is 5. The van der Waals surface area contributed by atoms with E-state index in [0.717, 1.165) is 78.0 Å². The molecule has 0 unspecified atom stereocenters. The van der Waals surface area contributed by atoms with Crippen LogP contribution in [0.2, 0.25) is 0 Å². The molecular weight excluding hydrogens is 2460 g/mol. The van der Waals surface area contributed by atoms with Gasteiger partial charge in [-0.15, -0.1) is 178 Å². The molecule has 0 fully saturated rings. The van der Waals surface area contributed by atoms with Crippen LogP contribution in [-0.4, -0.2) is 68.5 Å². The van der Waals surface area contributed by atoms with E-state index < -0.39 is 5.41 Å². The van der Waals surface area contributed by atoms with Crippen LogP contribution in [-0.2, 0) is 120 Å². The second-order valence-electron chi connectivity index (χ2n) is 30.6. The maximum atomic E-state index is 11.5. The predicted molar refractivity (Wildman–Crippen MR) is 498 cm³/mol. The van der Waals surface area contributed by atoms with Crippen molar-refractivity contribution in [2.75, 3.05) is 0 Å². The third-order valence-corrected chi connectivity index (χ3v) is 17.7. The number of aliphatic hydroxyl groups excluding tert-OH is 4. The summed E-state index contributed by atoms with van der Waals surface area (Å²) in [7, 11) is 0. The van der Waals surface area contributed by atoms with Crippen molar-refractivity contribution in [3.8, 4) is 56.2 Å². The van der Waals surface area contributed by atoms with Crippen LogP contribution in [0, 0.1) is 61.9 Å². The molecule has 16 rings (SSSR count). The second-order valence-corrected chi connectivity index (χ2v) is 30.6. The van der Waals surface area contributed by atoms with Gasteiger partial charge in [0.25, 0.3) is 0 Å². The smallest absolute Gasteiger partial charge is 0.164 e. The van der Waals surface area contributed by atoms with E-state index in [2.05, 4.69) is 223 Å². The summed E-state index contributed by atoms with van der Waals surface area (Å²) in [6, 6.07) is 115. The number of carbonyl (C=O) groups is 4. The van der Waals surface area contributed by atoms with Gasteiger partial charge in [0.05, 0.1) is 39.3 Å². The Bertz CT molecular complexity index is 6060. The zero-order valence-corrected chi connectivity index (χ0v) is 84.9. The van der Waals surface area contributed by atoms with E-state index in [1.165, 1.54) is 126 Å². The minimum absolute atomic E-state index is 0. The predicted octanol–water partition coefficient (Wildman–Crippen LogP) is 26.8. The van der Waals surface area contributed by atoms with E-state index in [0.29, 0.717) is 0 Å². The van der Waals surface area contributed by atoms with Gasteiger partial charge in [0.15, 0.2) is 23.1 Å². The molecule has 657 valence electrons. The van der Waals surface area contributed by atoms with E-state index in [9.17, 15) is 24.3 Å². The van der Waals surface area contributed by atoms with E-state index in [1.807, 2.05) is 187 Å². The fraction of sp³-hybridized carbons (Fsp3) is 0.157. The summed E-state index contributed by atoms with van der Waals surface area (Å²) in [5.74, 6) is -0.0835. The summed E-state index contributed by atoms with van der Waals surface area (Å²) >= 11 is 0. The Kier molecular flexibility index (Phi) is 47.3. The maximum absolute atomic E-state index is 11.5. The Morgan fingerprint density at radius 3 is 1.03 bits per heavy atom. The largest absolute Gasteiger partial charge is 0.512 e. The fourth-order valence-electron chi connectivity index (χ4n) is 11.6. The Hall–Kier alpha value is -11.2. The van der Waals surface area contributed by atoms with Crippen LogP contribution in [0.1, 0.15) is 99.8 Å². The quantitative estimate of drug-likeness (QED) is 0.0459. The Morgan fingerprint density at radius 2 is 0.643 bits per heavy atom. The van der Waals surface area contributed by atoms with E-state index in [1.54, 1.807) is 0 Å². The first-order valence-corrected chi connectivity index (χ1v) is 39.5. The number of hydrogen-bond acceptors (Lipinski definition) is 13. The summed E-state index contributed by atoms with van der Waals surface area (Å²) in [5, 5.41) is 42.8. The molecule has 126 heavy (non-hydrogen) atoms. The van der Waals surface area contributed by atoms with Gasteiger partial charge in [0, 0.05) is 142 Å². The number of fused-ring (bicyclic) bond motifs is 7. The molecule has 0 saturated heterocycles. The van der Waals surface area contributed by atoms with Crippen molar-refractivity contribution in [3.63, 3.8) is 0 Å². The standard InChI is InChI=1S/C22H16N.2C16H12N.C15H10N.C13H8N.C11H20O2.3C5H8O2.5Ir/c1-16-10-11-18-12-13-21(23-22(18)14-16)20-9-5-8-19(15-20)17-6-3-2-4-7-17;2*1-12-7-8-14-9-10-15(17-16(14)11-12)13-5-3-2-4-6-13;1-2-6-12(7-3-1)15-11-10-13-8-4-5-9-14(13)16-15;1-2-6-12-10(4-1)7-8-11-5-3-9-14-13(11)12;1-10(2,3)8(12)7-9(13)11(4,5)6;3*1-4(6)3-5(2)7;;;;;/h2-8,10-15H,1H3;2*2-5,7-11H,1H3;1-6,8-11H;1-5,7-9H;7,12H,1-6H3;3*3,6H,1-2H3;;;;;/q5*-1;;;;;;;;;. The van der Waals surface area contributed by atoms with Gasteiger partial charge in [-0.2, -0.15) is 0 Å². The Balaban J connectivity index is 0.000000373. The van der Waals surface area contributed by atoms with Crippen molar-refractivity contribution in [1.82, 2.24) is 24.9 Å². The SMILES string of the molecule is CC(=O)C=C(C)O.CC(=O)C=C(C)O.CC(=O)C=C(C)O.CC(C)(C)C(=O)C=C(O)C(C)(C)C.Cc1ccc2ccc(-c3[c-]ccc(-c4ccccc4)c3)nc2c1.Cc1ccc2ccc(-c3[c-]cccc3)nc2c1.Cc1ccc2ccc(-c3[c-]cccc3)nc2c1.[Ir].[Ir].[Ir].[Ir].[Ir].[c-]1cccc2ccc3cccnc3c12.[c-]1ccccc1-c1ccc2ccccc2n1. The second kappa shape index (κ2) is 54.6. The van der Waals surface area contributed by atoms with Gasteiger partial charge in [-0.05, 0) is 170 Å². The van der Waals surface area contributed by atoms with Crippen molar-refractivity contribution in [2.24, 2.45) is 10.8 Å². The fourth-order valence-corrected chi connectivity index (χ4v) is 11.6. The summed E-state index contributed by atoms with van der Waals surface area (Å²) in [5.41, 5.74) is 18.5. The summed E-state index contributed by atoms with van der Waals surface area (Å²) in [6.07, 6.45) is 6.66. The zero-order valence-electron chi connectivity index (χ0n) is 72.9. The molecule has 0 bridgehead atoms. The van der Waals surface area contributed by atoms with Crippen LogP contribution in [0.4, 0.5) is 0 Å². The summed E-state index contributed by atoms with van der Waals surface area (Å²) in [4.78, 5) is 64.7. The number of benzene rings is 11. The van der Waals surface area contributed by atoms with Crippen LogP contribution >= 0.6 is 0 Å². The Morgan fingerprint density at radius 1 is 0.302 bits per heavy atom. The van der Waals surface area contributed by atoms with Gasteiger partial charge in [-0.3, -0.25) is 39.1 Å². The van der Waals surface area contributed by atoms with Gasteiger partial charge in [-0.1, -0.05) is 193 Å². The van der Waals surface area contributed by atoms with Crippen LogP contribution in [0.25, 0.3) is 121 Å². The first kappa shape index (κ1) is 109. The minimum Gasteiger partial charge on any atom is -0.512 e. The minimum atomic E-state index is -0.417. The van der Waals surface area contributed by atoms with Gasteiger partial charge in [0.2, 0.25) is 0 Å². The number of rotatable bonds is 9. The van der Waals surface area contributed by atoms with Crippen LogP contribution in [0.5, 0.6) is 0 Å². The number of para-hydroxylation sites is 1. The van der Waals surface area contributed by atoms with E-state index in [-0.39, 0.29) is 152 Å². The molecule has 16 aromatic rings. The first-order valence-electron chi connectivity index (χ1n) is 39.5. The number of hydrogen-bond donors (Lipinski definition) is 4. The topological polar surface area (TPSA) is 214 Å². The first-order chi connectivity index (χ1) is 57.8. The van der Waals surface area contributed by atoms with Crippen molar-refractivity contribution in [3.05, 3.63) is 392 Å². The molecule has 0 saturated carbocycles. The van der Waals surface area contributed by atoms with Gasteiger partial charge in [-0.25, -0.2) is 0 Å². The molecule has 0 aliphatic heterocycles. The van der Waals surface area contributed by atoms with Crippen LogP contribution < -0.4 is 0 Å². The molecule has 0 amide bonds. The average Bonchev–Trinajstić information content (AvgIpc) is 0.803. The normalized spacial score (nSPS) is 10.8. The summed E-state index contributed by atoms with van der Waals surface area (Å²) < 4.78 is 0. The number of aryl methyl sites for hydroxylation is 3. The molecule has 4 N–H and O–H groups in total. The molecule has 5 heterocycles.